The molecule has 4 rings (SSSR count). The summed E-state index contributed by atoms with van der Waals surface area (Å²) in [5.74, 6) is 0.426. The molecule has 170 valence electrons. The molecule has 0 spiro atoms. The molecule has 2 aromatic heterocycles. The fourth-order valence-electron chi connectivity index (χ4n) is 4.15. The van der Waals surface area contributed by atoms with Gasteiger partial charge >= 0.3 is 0 Å². The van der Waals surface area contributed by atoms with Crippen molar-refractivity contribution in [3.8, 4) is 0 Å². The summed E-state index contributed by atoms with van der Waals surface area (Å²) in [6, 6.07) is 7.88. The van der Waals surface area contributed by atoms with Gasteiger partial charge in [-0.05, 0) is 39.2 Å². The number of fused-ring (bicyclic) bond motifs is 3. The zero-order valence-electron chi connectivity index (χ0n) is 18.4. The van der Waals surface area contributed by atoms with Crippen LogP contribution in [-0.2, 0) is 21.3 Å². The standard InChI is InChI=1S/C23H29N5O3S/c1-16-9-10-23(2,32(25,29)30)14-17(16)6-5-12-31-13-11-28-15-26-20-21(28)18-7-3-4-8-19(18)27-22(20)24/h3-4,7-10,15H,5-6,11-14H2,1-2H3,(H2,24,27)(H2,25,29,30). The summed E-state index contributed by atoms with van der Waals surface area (Å²) in [7, 11) is -3.66. The second kappa shape index (κ2) is 8.65. The van der Waals surface area contributed by atoms with Crippen LogP contribution in [0.5, 0.6) is 0 Å². The summed E-state index contributed by atoms with van der Waals surface area (Å²) in [4.78, 5) is 8.86. The largest absolute Gasteiger partial charge is 0.382 e. The third-order valence-corrected chi connectivity index (χ3v) is 7.76. The lowest BCUT2D eigenvalue weighted by molar-refractivity contribution is 0.124. The number of hydrogen-bond donors (Lipinski definition) is 2. The number of benzene rings is 1. The molecule has 1 aliphatic carbocycles. The summed E-state index contributed by atoms with van der Waals surface area (Å²) < 4.78 is 30.8. The highest BCUT2D eigenvalue weighted by Gasteiger charge is 2.36. The zero-order chi connectivity index (χ0) is 22.9. The fourth-order valence-corrected chi connectivity index (χ4v) is 4.78. The molecule has 1 atom stereocenters. The van der Waals surface area contributed by atoms with Crippen molar-refractivity contribution < 1.29 is 13.2 Å². The lowest BCUT2D eigenvalue weighted by Gasteiger charge is -2.29. The van der Waals surface area contributed by atoms with E-state index in [9.17, 15) is 8.42 Å². The molecule has 0 saturated heterocycles. The number of nitrogens with zero attached hydrogens (tertiary/aromatic N) is 3. The molecule has 0 amide bonds. The van der Waals surface area contributed by atoms with Gasteiger partial charge in [-0.15, -0.1) is 0 Å². The minimum Gasteiger partial charge on any atom is -0.382 e. The fraction of sp³-hybridized carbons (Fsp3) is 0.391. The van der Waals surface area contributed by atoms with Gasteiger partial charge < -0.3 is 15.0 Å². The first kappa shape index (κ1) is 22.4. The van der Waals surface area contributed by atoms with Crippen molar-refractivity contribution >= 4 is 37.8 Å². The number of allylic oxidation sites excluding steroid dienone is 3. The van der Waals surface area contributed by atoms with Crippen LogP contribution in [-0.4, -0.2) is 40.9 Å². The van der Waals surface area contributed by atoms with Crippen molar-refractivity contribution in [1.29, 1.82) is 0 Å². The van der Waals surface area contributed by atoms with Gasteiger partial charge in [0.15, 0.2) is 5.82 Å². The number of imidazole rings is 1. The Kier molecular flexibility index (Phi) is 6.07. The van der Waals surface area contributed by atoms with E-state index in [4.69, 9.17) is 15.6 Å². The molecule has 3 aromatic rings. The Balaban J connectivity index is 1.33. The highest BCUT2D eigenvalue weighted by Crippen LogP contribution is 2.34. The molecule has 1 aromatic carbocycles. The molecule has 0 fully saturated rings. The van der Waals surface area contributed by atoms with Crippen LogP contribution in [0.2, 0.25) is 0 Å². The van der Waals surface area contributed by atoms with Gasteiger partial charge in [-0.3, -0.25) is 0 Å². The quantitative estimate of drug-likeness (QED) is 0.502. The highest BCUT2D eigenvalue weighted by atomic mass is 32.2. The summed E-state index contributed by atoms with van der Waals surface area (Å²) in [5.41, 5.74) is 10.8. The van der Waals surface area contributed by atoms with E-state index >= 15 is 0 Å². The number of ether oxygens (including phenoxy) is 1. The maximum atomic E-state index is 11.9. The first-order valence-corrected chi connectivity index (χ1v) is 12.2. The lowest BCUT2D eigenvalue weighted by atomic mass is 9.88. The van der Waals surface area contributed by atoms with Crippen LogP contribution >= 0.6 is 0 Å². The first-order valence-electron chi connectivity index (χ1n) is 10.7. The van der Waals surface area contributed by atoms with Gasteiger partial charge in [0.25, 0.3) is 0 Å². The Hall–Kier alpha value is -2.75. The Labute approximate surface area is 188 Å². The van der Waals surface area contributed by atoms with Crippen LogP contribution in [0.4, 0.5) is 5.82 Å². The molecule has 0 aliphatic heterocycles. The number of nitrogens with two attached hydrogens (primary N) is 2. The number of aromatic nitrogens is 3. The lowest BCUT2D eigenvalue weighted by Crippen LogP contribution is -2.40. The van der Waals surface area contributed by atoms with E-state index in [1.807, 2.05) is 41.8 Å². The van der Waals surface area contributed by atoms with E-state index in [-0.39, 0.29) is 0 Å². The van der Waals surface area contributed by atoms with Gasteiger partial charge in [0.1, 0.15) is 10.3 Å². The van der Waals surface area contributed by atoms with Crippen molar-refractivity contribution in [3.63, 3.8) is 0 Å². The average Bonchev–Trinajstić information content (AvgIpc) is 3.17. The van der Waals surface area contributed by atoms with Crippen molar-refractivity contribution in [1.82, 2.24) is 14.5 Å². The Bertz CT molecular complexity index is 1330. The number of hydrogen-bond acceptors (Lipinski definition) is 6. The summed E-state index contributed by atoms with van der Waals surface area (Å²) in [6.45, 7) is 5.45. The smallest absolute Gasteiger partial charge is 0.218 e. The first-order chi connectivity index (χ1) is 15.2. The molecule has 0 saturated carbocycles. The Morgan fingerprint density at radius 3 is 2.81 bits per heavy atom. The average molecular weight is 456 g/mol. The van der Waals surface area contributed by atoms with Gasteiger partial charge in [-0.2, -0.15) is 0 Å². The normalized spacial score (nSPS) is 19.3. The Morgan fingerprint density at radius 1 is 1.25 bits per heavy atom. The topological polar surface area (TPSA) is 126 Å². The number of para-hydroxylation sites is 1. The SMILES string of the molecule is CC1=C(CCCOCCn2cnc3c(N)nc4ccccc4c32)CC(C)(S(N)(=O)=O)C=C1. The van der Waals surface area contributed by atoms with E-state index in [1.165, 1.54) is 0 Å². The molecule has 4 N–H and O–H groups in total. The molecule has 2 heterocycles. The van der Waals surface area contributed by atoms with Crippen molar-refractivity contribution in [2.45, 2.75) is 44.4 Å². The number of anilines is 1. The minimum atomic E-state index is -3.66. The summed E-state index contributed by atoms with van der Waals surface area (Å²) in [5, 5.41) is 6.44. The number of primary sulfonamides is 1. The third kappa shape index (κ3) is 4.28. The van der Waals surface area contributed by atoms with Gasteiger partial charge in [0.2, 0.25) is 10.0 Å². The molecule has 0 radical (unpaired) electrons. The Morgan fingerprint density at radius 2 is 2.03 bits per heavy atom. The molecule has 32 heavy (non-hydrogen) atoms. The molecule has 9 heteroatoms. The van der Waals surface area contributed by atoms with E-state index in [0.717, 1.165) is 40.4 Å². The van der Waals surface area contributed by atoms with Gasteiger partial charge in [-0.1, -0.05) is 41.5 Å². The molecule has 1 unspecified atom stereocenters. The van der Waals surface area contributed by atoms with Crippen LogP contribution in [0.3, 0.4) is 0 Å². The second-order valence-electron chi connectivity index (χ2n) is 8.52. The number of rotatable bonds is 8. The second-order valence-corrected chi connectivity index (χ2v) is 10.5. The number of sulfonamides is 1. The molecular formula is C23H29N5O3S. The minimum absolute atomic E-state index is 0.426. The van der Waals surface area contributed by atoms with Gasteiger partial charge in [0.05, 0.1) is 24.0 Å². The van der Waals surface area contributed by atoms with Crippen LogP contribution in [0.25, 0.3) is 21.9 Å². The monoisotopic (exact) mass is 455 g/mol. The highest BCUT2D eigenvalue weighted by molar-refractivity contribution is 7.90. The molecule has 1 aliphatic rings. The molecular weight excluding hydrogens is 426 g/mol. The van der Waals surface area contributed by atoms with E-state index in [1.54, 1.807) is 19.3 Å². The zero-order valence-corrected chi connectivity index (χ0v) is 19.2. The van der Waals surface area contributed by atoms with E-state index < -0.39 is 14.8 Å². The maximum absolute atomic E-state index is 11.9. The molecule has 0 bridgehead atoms. The third-order valence-electron chi connectivity index (χ3n) is 6.18. The maximum Gasteiger partial charge on any atom is 0.218 e. The van der Waals surface area contributed by atoms with E-state index in [0.29, 0.717) is 37.5 Å². The predicted molar refractivity (Wildman–Crippen MR) is 127 cm³/mol. The van der Waals surface area contributed by atoms with Crippen molar-refractivity contribution in [2.24, 2.45) is 5.14 Å². The van der Waals surface area contributed by atoms with Crippen LogP contribution < -0.4 is 10.9 Å². The summed E-state index contributed by atoms with van der Waals surface area (Å²) >= 11 is 0. The number of nitrogen functional groups attached to an aromatic ring is 1. The van der Waals surface area contributed by atoms with Gasteiger partial charge in [-0.25, -0.2) is 23.5 Å². The van der Waals surface area contributed by atoms with Gasteiger partial charge in [0, 0.05) is 18.5 Å². The predicted octanol–water partition coefficient (Wildman–Crippen LogP) is 3.29. The van der Waals surface area contributed by atoms with Crippen LogP contribution in [0, 0.1) is 0 Å². The van der Waals surface area contributed by atoms with Crippen LogP contribution in [0.1, 0.15) is 33.1 Å². The summed E-state index contributed by atoms with van der Waals surface area (Å²) in [6.07, 6.45) is 7.35. The van der Waals surface area contributed by atoms with Crippen molar-refractivity contribution in [2.75, 3.05) is 18.9 Å². The van der Waals surface area contributed by atoms with Crippen molar-refractivity contribution in [3.05, 3.63) is 53.9 Å². The van der Waals surface area contributed by atoms with Crippen LogP contribution in [0.15, 0.2) is 53.9 Å². The number of pyridine rings is 1. The van der Waals surface area contributed by atoms with E-state index in [2.05, 4.69) is 9.97 Å². The molecule has 8 nitrogen and oxygen atoms in total.